The van der Waals surface area contributed by atoms with Crippen LogP contribution >= 0.6 is 11.8 Å². The van der Waals surface area contributed by atoms with E-state index in [2.05, 4.69) is 41.5 Å². The Morgan fingerprint density at radius 2 is 1.97 bits per heavy atom. The van der Waals surface area contributed by atoms with Crippen molar-refractivity contribution in [2.75, 3.05) is 18.2 Å². The molecule has 1 amide bonds. The van der Waals surface area contributed by atoms with E-state index in [-0.39, 0.29) is 11.7 Å². The molecule has 4 aromatic rings. The van der Waals surface area contributed by atoms with Crippen molar-refractivity contribution in [3.05, 3.63) is 78.3 Å². The Labute approximate surface area is 203 Å². The number of hydrogen-bond acceptors (Lipinski definition) is 6. The van der Waals surface area contributed by atoms with Gasteiger partial charge in [0.1, 0.15) is 11.5 Å². The number of ether oxygens (including phenoxy) is 1. The number of hydrogen-bond donors (Lipinski definition) is 1. The van der Waals surface area contributed by atoms with E-state index >= 15 is 0 Å². The van der Waals surface area contributed by atoms with Crippen LogP contribution in [-0.4, -0.2) is 33.5 Å². The number of carbonyl (C=O) groups excluding carboxylic acids is 1. The van der Waals surface area contributed by atoms with Crippen LogP contribution in [0.2, 0.25) is 0 Å². The van der Waals surface area contributed by atoms with Crippen molar-refractivity contribution in [1.82, 2.24) is 14.8 Å². The number of furan rings is 1. The molecule has 0 radical (unpaired) electrons. The number of aromatic nitrogens is 3. The zero-order chi connectivity index (χ0) is 23.9. The summed E-state index contributed by atoms with van der Waals surface area (Å²) in [6.07, 6.45) is 2.72. The average Bonchev–Trinajstić information content (AvgIpc) is 3.53. The van der Waals surface area contributed by atoms with E-state index < -0.39 is 0 Å². The summed E-state index contributed by atoms with van der Waals surface area (Å²) in [7, 11) is 1.63. The minimum Gasteiger partial charge on any atom is -0.497 e. The molecule has 0 fully saturated rings. The van der Waals surface area contributed by atoms with Crippen LogP contribution in [0.25, 0.3) is 11.4 Å². The Kier molecular flexibility index (Phi) is 7.69. The van der Waals surface area contributed by atoms with Gasteiger partial charge in [-0.25, -0.2) is 0 Å². The first-order valence-electron chi connectivity index (χ1n) is 11.2. The van der Waals surface area contributed by atoms with E-state index in [0.717, 1.165) is 29.2 Å². The number of benzene rings is 2. The molecule has 1 atom stereocenters. The summed E-state index contributed by atoms with van der Waals surface area (Å²) in [5, 5.41) is 12.4. The van der Waals surface area contributed by atoms with Crippen LogP contribution in [0.15, 0.2) is 76.5 Å². The normalized spacial score (nSPS) is 11.9. The third-order valence-corrected chi connectivity index (χ3v) is 6.61. The van der Waals surface area contributed by atoms with E-state index in [4.69, 9.17) is 9.15 Å². The van der Waals surface area contributed by atoms with Gasteiger partial charge in [-0.1, -0.05) is 49.9 Å². The molecule has 0 aliphatic carbocycles. The summed E-state index contributed by atoms with van der Waals surface area (Å²) in [6, 6.07) is 19.4. The molecule has 1 unspecified atom stereocenters. The molecule has 2 aromatic heterocycles. The Hall–Kier alpha value is -3.52. The number of thioether (sulfide) groups is 1. The van der Waals surface area contributed by atoms with E-state index in [1.165, 1.54) is 17.3 Å². The fraction of sp³-hybridized carbons (Fsp3) is 0.269. The molecule has 7 nitrogen and oxygen atoms in total. The van der Waals surface area contributed by atoms with Gasteiger partial charge >= 0.3 is 0 Å². The Morgan fingerprint density at radius 1 is 1.15 bits per heavy atom. The van der Waals surface area contributed by atoms with Crippen molar-refractivity contribution in [3.63, 3.8) is 0 Å². The average molecular weight is 477 g/mol. The fourth-order valence-electron chi connectivity index (χ4n) is 3.53. The van der Waals surface area contributed by atoms with Crippen LogP contribution in [0.3, 0.4) is 0 Å². The highest BCUT2D eigenvalue weighted by molar-refractivity contribution is 7.99. The molecule has 8 heteroatoms. The predicted octanol–water partition coefficient (Wildman–Crippen LogP) is 5.84. The Balaban J connectivity index is 1.48. The smallest absolute Gasteiger partial charge is 0.234 e. The summed E-state index contributed by atoms with van der Waals surface area (Å²) < 4.78 is 12.9. The summed E-state index contributed by atoms with van der Waals surface area (Å²) in [5.74, 6) is 2.80. The molecule has 2 aromatic carbocycles. The molecule has 0 aliphatic rings. The van der Waals surface area contributed by atoms with Crippen molar-refractivity contribution < 1.29 is 13.9 Å². The Morgan fingerprint density at radius 3 is 2.68 bits per heavy atom. The van der Waals surface area contributed by atoms with Gasteiger partial charge in [0.25, 0.3) is 0 Å². The van der Waals surface area contributed by atoms with Gasteiger partial charge < -0.3 is 14.5 Å². The largest absolute Gasteiger partial charge is 0.497 e. The third-order valence-electron chi connectivity index (χ3n) is 5.65. The molecule has 0 bridgehead atoms. The maximum absolute atomic E-state index is 12.6. The van der Waals surface area contributed by atoms with Gasteiger partial charge in [0, 0.05) is 11.3 Å². The zero-order valence-electron chi connectivity index (χ0n) is 19.5. The van der Waals surface area contributed by atoms with Crippen LogP contribution in [0.1, 0.15) is 37.5 Å². The molecule has 0 aliphatic heterocycles. The molecule has 0 spiro atoms. The van der Waals surface area contributed by atoms with Gasteiger partial charge in [0.15, 0.2) is 11.0 Å². The zero-order valence-corrected chi connectivity index (χ0v) is 20.3. The van der Waals surface area contributed by atoms with Crippen LogP contribution in [0.5, 0.6) is 5.75 Å². The van der Waals surface area contributed by atoms with E-state index in [0.29, 0.717) is 23.4 Å². The maximum atomic E-state index is 12.6. The summed E-state index contributed by atoms with van der Waals surface area (Å²) in [5.41, 5.74) is 2.92. The second-order valence-corrected chi connectivity index (χ2v) is 8.91. The number of nitrogens with one attached hydrogen (secondary N) is 1. The molecular weight excluding hydrogens is 448 g/mol. The minimum atomic E-state index is -0.100. The fourth-order valence-corrected chi connectivity index (χ4v) is 4.27. The first-order valence-corrected chi connectivity index (χ1v) is 12.2. The Bertz CT molecular complexity index is 1220. The molecule has 0 saturated heterocycles. The van der Waals surface area contributed by atoms with Crippen molar-refractivity contribution in [2.24, 2.45) is 0 Å². The molecule has 0 saturated carbocycles. The maximum Gasteiger partial charge on any atom is 0.234 e. The third kappa shape index (κ3) is 5.69. The topological polar surface area (TPSA) is 82.2 Å². The second kappa shape index (κ2) is 11.1. The lowest BCUT2D eigenvalue weighted by atomic mass is 9.99. The molecule has 34 heavy (non-hydrogen) atoms. The molecule has 4 rings (SSSR count). The lowest BCUT2D eigenvalue weighted by Gasteiger charge is -2.11. The van der Waals surface area contributed by atoms with Gasteiger partial charge in [0.2, 0.25) is 5.91 Å². The highest BCUT2D eigenvalue weighted by Crippen LogP contribution is 2.28. The summed E-state index contributed by atoms with van der Waals surface area (Å²) >= 11 is 1.34. The number of methoxy groups -OCH3 is 1. The van der Waals surface area contributed by atoms with Crippen molar-refractivity contribution in [1.29, 1.82) is 0 Å². The molecule has 176 valence electrons. The first-order chi connectivity index (χ1) is 16.6. The van der Waals surface area contributed by atoms with Gasteiger partial charge in [-0.3, -0.25) is 9.36 Å². The SMILES string of the molecule is CCC(C)c1ccc(NC(=O)CSc2nnc(-c3cccc(OC)c3)n2Cc2ccco2)cc1. The lowest BCUT2D eigenvalue weighted by molar-refractivity contribution is -0.113. The van der Waals surface area contributed by atoms with Crippen LogP contribution < -0.4 is 10.1 Å². The quantitative estimate of drug-likeness (QED) is 0.290. The van der Waals surface area contributed by atoms with Crippen LogP contribution in [0, 0.1) is 0 Å². The molecular formula is C26H28N4O3S. The number of amides is 1. The standard InChI is InChI=1S/C26H28N4O3S/c1-4-18(2)19-10-12-21(13-11-19)27-24(31)17-34-26-29-28-25(20-7-5-8-22(15-20)32-3)30(26)16-23-9-6-14-33-23/h5-15,18H,4,16-17H2,1-3H3,(H,27,31). The lowest BCUT2D eigenvalue weighted by Crippen LogP contribution is -2.15. The van der Waals surface area contributed by atoms with Gasteiger partial charge in [-0.15, -0.1) is 10.2 Å². The van der Waals surface area contributed by atoms with Gasteiger partial charge in [-0.05, 0) is 54.3 Å². The second-order valence-electron chi connectivity index (χ2n) is 7.97. The van der Waals surface area contributed by atoms with Crippen LogP contribution in [-0.2, 0) is 11.3 Å². The van der Waals surface area contributed by atoms with Gasteiger partial charge in [-0.2, -0.15) is 0 Å². The highest BCUT2D eigenvalue weighted by atomic mass is 32.2. The predicted molar refractivity (Wildman–Crippen MR) is 134 cm³/mol. The minimum absolute atomic E-state index is 0.100. The van der Waals surface area contributed by atoms with E-state index in [9.17, 15) is 4.79 Å². The first kappa shape index (κ1) is 23.6. The van der Waals surface area contributed by atoms with E-state index in [1.807, 2.05) is 53.1 Å². The summed E-state index contributed by atoms with van der Waals surface area (Å²) in [4.78, 5) is 12.6. The van der Waals surface area contributed by atoms with E-state index in [1.54, 1.807) is 13.4 Å². The van der Waals surface area contributed by atoms with Gasteiger partial charge in [0.05, 0.1) is 25.7 Å². The number of carbonyl (C=O) groups is 1. The monoisotopic (exact) mass is 476 g/mol. The molecule has 2 heterocycles. The van der Waals surface area contributed by atoms with Crippen molar-refractivity contribution in [2.45, 2.75) is 37.9 Å². The molecule has 1 N–H and O–H groups in total. The van der Waals surface area contributed by atoms with Crippen LogP contribution in [0.4, 0.5) is 5.69 Å². The number of anilines is 1. The van der Waals surface area contributed by atoms with Crippen molar-refractivity contribution >= 4 is 23.4 Å². The number of rotatable bonds is 10. The number of nitrogens with zero attached hydrogens (tertiary/aromatic N) is 3. The highest BCUT2D eigenvalue weighted by Gasteiger charge is 2.17. The summed E-state index contributed by atoms with van der Waals surface area (Å²) in [6.45, 7) is 4.82. The van der Waals surface area contributed by atoms with Crippen molar-refractivity contribution in [3.8, 4) is 17.1 Å².